The Morgan fingerprint density at radius 2 is 2.31 bits per heavy atom. The van der Waals surface area contributed by atoms with Gasteiger partial charge in [0.05, 0.1) is 11.4 Å². The maximum absolute atomic E-state index is 5.67. The van der Waals surface area contributed by atoms with E-state index in [-0.39, 0.29) is 0 Å². The minimum absolute atomic E-state index is 0.492. The third-order valence-electron chi connectivity index (χ3n) is 3.01. The average Bonchev–Trinajstić information content (AvgIpc) is 3.02. The van der Waals surface area contributed by atoms with Gasteiger partial charge in [-0.05, 0) is 31.6 Å². The third kappa shape index (κ3) is 2.80. The van der Waals surface area contributed by atoms with Gasteiger partial charge in [0.15, 0.2) is 0 Å². The van der Waals surface area contributed by atoms with Crippen molar-refractivity contribution in [1.29, 1.82) is 0 Å². The summed E-state index contributed by atoms with van der Waals surface area (Å²) in [5.74, 6) is 0.838. The number of rotatable bonds is 7. The molecule has 2 rings (SSSR count). The molecule has 0 aromatic carbocycles. The molecule has 0 saturated heterocycles. The molecule has 0 amide bonds. The molecule has 1 fully saturated rings. The summed E-state index contributed by atoms with van der Waals surface area (Å²) in [6, 6.07) is 0. The number of nitrogens with zero attached hydrogens (tertiary/aromatic N) is 3. The lowest BCUT2D eigenvalue weighted by molar-refractivity contribution is 0.188. The summed E-state index contributed by atoms with van der Waals surface area (Å²) in [5, 5.41) is 8.31. The molecule has 0 radical (unpaired) electrons. The molecular formula is C11H20N4O. The number of methoxy groups -OCH3 is 1. The Labute approximate surface area is 96.0 Å². The van der Waals surface area contributed by atoms with Crippen molar-refractivity contribution in [2.45, 2.75) is 38.8 Å². The molecule has 90 valence electrons. The molecule has 5 heteroatoms. The summed E-state index contributed by atoms with van der Waals surface area (Å²) >= 11 is 0. The van der Waals surface area contributed by atoms with Crippen molar-refractivity contribution < 1.29 is 4.74 Å². The predicted molar refractivity (Wildman–Crippen MR) is 60.8 cm³/mol. The van der Waals surface area contributed by atoms with Crippen molar-refractivity contribution in [3.8, 4) is 0 Å². The summed E-state index contributed by atoms with van der Waals surface area (Å²) in [7, 11) is 1.72. The van der Waals surface area contributed by atoms with Crippen molar-refractivity contribution >= 4 is 0 Å². The maximum Gasteiger partial charge on any atom is 0.0994 e. The van der Waals surface area contributed by atoms with Crippen LogP contribution in [0, 0.1) is 5.92 Å². The number of aryl methyl sites for hydroxylation is 1. The van der Waals surface area contributed by atoms with Crippen LogP contribution >= 0.6 is 0 Å². The zero-order chi connectivity index (χ0) is 11.4. The maximum atomic E-state index is 5.67. The molecule has 5 nitrogen and oxygen atoms in total. The fraction of sp³-hybridized carbons (Fsp3) is 0.818. The first-order valence-electron chi connectivity index (χ1n) is 5.95. The van der Waals surface area contributed by atoms with Crippen molar-refractivity contribution in [3.63, 3.8) is 0 Å². The van der Waals surface area contributed by atoms with Crippen LogP contribution in [0.3, 0.4) is 0 Å². The highest BCUT2D eigenvalue weighted by molar-refractivity contribution is 5.12. The Morgan fingerprint density at radius 1 is 1.50 bits per heavy atom. The lowest BCUT2D eigenvalue weighted by atomic mass is 10.2. The van der Waals surface area contributed by atoms with Crippen LogP contribution < -0.4 is 5.73 Å². The van der Waals surface area contributed by atoms with E-state index in [1.54, 1.807) is 7.11 Å². The molecule has 1 aliphatic carbocycles. The molecule has 1 aliphatic rings. The van der Waals surface area contributed by atoms with E-state index in [0.29, 0.717) is 6.54 Å². The minimum atomic E-state index is 0.492. The van der Waals surface area contributed by atoms with Crippen LogP contribution in [0.15, 0.2) is 0 Å². The number of aromatic nitrogens is 3. The fourth-order valence-electron chi connectivity index (χ4n) is 1.88. The zero-order valence-corrected chi connectivity index (χ0v) is 9.85. The zero-order valence-electron chi connectivity index (χ0n) is 9.85. The van der Waals surface area contributed by atoms with Crippen LogP contribution in [0.1, 0.15) is 30.7 Å². The summed E-state index contributed by atoms with van der Waals surface area (Å²) < 4.78 is 7.04. The van der Waals surface area contributed by atoms with E-state index in [1.807, 2.05) is 4.68 Å². The lowest BCUT2D eigenvalue weighted by Gasteiger charge is -2.06. The standard InChI is InChI=1S/C11H20N4O/c1-16-6-2-5-15-11(7-9-3-4-9)10(8-12)13-14-15/h9H,2-8,12H2,1H3. The molecule has 16 heavy (non-hydrogen) atoms. The number of nitrogens with two attached hydrogens (primary N) is 1. The van der Waals surface area contributed by atoms with Gasteiger partial charge in [-0.2, -0.15) is 0 Å². The molecular weight excluding hydrogens is 204 g/mol. The fourth-order valence-corrected chi connectivity index (χ4v) is 1.88. The van der Waals surface area contributed by atoms with Gasteiger partial charge in [-0.1, -0.05) is 5.21 Å². The summed E-state index contributed by atoms with van der Waals surface area (Å²) in [5.41, 5.74) is 7.87. The minimum Gasteiger partial charge on any atom is -0.385 e. The summed E-state index contributed by atoms with van der Waals surface area (Å²) in [4.78, 5) is 0. The molecule has 0 unspecified atom stereocenters. The van der Waals surface area contributed by atoms with Gasteiger partial charge in [-0.25, -0.2) is 4.68 Å². The van der Waals surface area contributed by atoms with Gasteiger partial charge in [-0.3, -0.25) is 0 Å². The second-order valence-electron chi connectivity index (χ2n) is 4.40. The van der Waals surface area contributed by atoms with Crippen LogP contribution in [0.5, 0.6) is 0 Å². The predicted octanol–water partition coefficient (Wildman–Crippen LogP) is 0.726. The van der Waals surface area contributed by atoms with Gasteiger partial charge in [0.1, 0.15) is 0 Å². The Bertz CT molecular complexity index is 333. The molecule has 0 atom stereocenters. The van der Waals surface area contributed by atoms with E-state index in [0.717, 1.165) is 37.6 Å². The Kier molecular flexibility index (Phi) is 3.90. The Balaban J connectivity index is 2.00. The van der Waals surface area contributed by atoms with Crippen LogP contribution in [0.4, 0.5) is 0 Å². The van der Waals surface area contributed by atoms with E-state index in [9.17, 15) is 0 Å². The van der Waals surface area contributed by atoms with Crippen LogP contribution in [0.25, 0.3) is 0 Å². The third-order valence-corrected chi connectivity index (χ3v) is 3.01. The largest absolute Gasteiger partial charge is 0.385 e. The topological polar surface area (TPSA) is 66.0 Å². The molecule has 2 N–H and O–H groups in total. The van der Waals surface area contributed by atoms with E-state index in [2.05, 4.69) is 10.3 Å². The molecule has 1 aromatic rings. The van der Waals surface area contributed by atoms with Crippen molar-refractivity contribution in [2.24, 2.45) is 11.7 Å². The van der Waals surface area contributed by atoms with E-state index in [1.165, 1.54) is 18.5 Å². The number of hydrogen-bond acceptors (Lipinski definition) is 4. The van der Waals surface area contributed by atoms with E-state index < -0.39 is 0 Å². The summed E-state index contributed by atoms with van der Waals surface area (Å²) in [6.07, 6.45) is 4.74. The lowest BCUT2D eigenvalue weighted by Crippen LogP contribution is -2.10. The van der Waals surface area contributed by atoms with Crippen LogP contribution in [-0.4, -0.2) is 28.7 Å². The first kappa shape index (κ1) is 11.5. The Hall–Kier alpha value is -0.940. The first-order valence-corrected chi connectivity index (χ1v) is 5.95. The smallest absolute Gasteiger partial charge is 0.0994 e. The molecule has 1 aromatic heterocycles. The molecule has 1 saturated carbocycles. The molecule has 0 aliphatic heterocycles. The second-order valence-corrected chi connectivity index (χ2v) is 4.40. The van der Waals surface area contributed by atoms with Gasteiger partial charge in [-0.15, -0.1) is 5.10 Å². The average molecular weight is 224 g/mol. The monoisotopic (exact) mass is 224 g/mol. The van der Waals surface area contributed by atoms with E-state index in [4.69, 9.17) is 10.5 Å². The normalized spacial score (nSPS) is 15.6. The van der Waals surface area contributed by atoms with E-state index >= 15 is 0 Å². The quantitative estimate of drug-likeness (QED) is 0.693. The van der Waals surface area contributed by atoms with Crippen LogP contribution in [0.2, 0.25) is 0 Å². The van der Waals surface area contributed by atoms with Gasteiger partial charge in [0.25, 0.3) is 0 Å². The van der Waals surface area contributed by atoms with Gasteiger partial charge < -0.3 is 10.5 Å². The van der Waals surface area contributed by atoms with Gasteiger partial charge >= 0.3 is 0 Å². The first-order chi connectivity index (χ1) is 7.85. The summed E-state index contributed by atoms with van der Waals surface area (Å²) in [6.45, 7) is 2.13. The molecule has 0 bridgehead atoms. The van der Waals surface area contributed by atoms with Gasteiger partial charge in [0, 0.05) is 26.8 Å². The van der Waals surface area contributed by atoms with Crippen molar-refractivity contribution in [1.82, 2.24) is 15.0 Å². The number of hydrogen-bond donors (Lipinski definition) is 1. The van der Waals surface area contributed by atoms with Crippen LogP contribution in [-0.2, 0) is 24.2 Å². The van der Waals surface area contributed by atoms with Crippen molar-refractivity contribution in [3.05, 3.63) is 11.4 Å². The molecule has 0 spiro atoms. The highest BCUT2D eigenvalue weighted by Crippen LogP contribution is 2.33. The second kappa shape index (κ2) is 5.41. The van der Waals surface area contributed by atoms with Gasteiger partial charge in [0.2, 0.25) is 0 Å². The number of ether oxygens (including phenoxy) is 1. The Morgan fingerprint density at radius 3 is 2.94 bits per heavy atom. The molecule has 1 heterocycles. The highest BCUT2D eigenvalue weighted by atomic mass is 16.5. The van der Waals surface area contributed by atoms with Crippen molar-refractivity contribution in [2.75, 3.05) is 13.7 Å². The highest BCUT2D eigenvalue weighted by Gasteiger charge is 2.25. The SMILES string of the molecule is COCCCn1nnc(CN)c1CC1CC1.